The van der Waals surface area contributed by atoms with E-state index in [-0.39, 0.29) is 12.2 Å². The molecule has 0 aromatic carbocycles. The first-order valence-electron chi connectivity index (χ1n) is 4.67. The summed E-state index contributed by atoms with van der Waals surface area (Å²) in [6.45, 7) is 1.67. The predicted octanol–water partition coefficient (Wildman–Crippen LogP) is 0.696. The number of hydrogen-bond donors (Lipinski definition) is 1. The van der Waals surface area contributed by atoms with Gasteiger partial charge in [0.05, 0.1) is 11.4 Å². The molecule has 0 spiro atoms. The quantitative estimate of drug-likeness (QED) is 0.870. The molecule has 1 N–H and O–H groups in total. The van der Waals surface area contributed by atoms with E-state index >= 15 is 0 Å². The minimum atomic E-state index is -3.16. The van der Waals surface area contributed by atoms with Crippen LogP contribution in [0.4, 0.5) is 5.00 Å². The van der Waals surface area contributed by atoms with Crippen molar-refractivity contribution in [2.24, 2.45) is 0 Å². The summed E-state index contributed by atoms with van der Waals surface area (Å²) in [6, 6.07) is 1.94. The standard InChI is InChI=1S/C9H11N3O3S2/c1-6-7(5-10)9(16-12-6)11-8(13)3-4-17(2,14)15/h3-4H2,1-2H3,(H,11,13). The van der Waals surface area contributed by atoms with Crippen LogP contribution in [0, 0.1) is 18.3 Å². The van der Waals surface area contributed by atoms with Crippen molar-refractivity contribution in [3.8, 4) is 6.07 Å². The number of aryl methyl sites for hydroxylation is 1. The predicted molar refractivity (Wildman–Crippen MR) is 64.5 cm³/mol. The first-order valence-corrected chi connectivity index (χ1v) is 7.51. The van der Waals surface area contributed by atoms with Gasteiger partial charge in [0.25, 0.3) is 0 Å². The number of carbonyl (C=O) groups is 1. The summed E-state index contributed by atoms with van der Waals surface area (Å²) in [5.41, 5.74) is 0.874. The minimum absolute atomic E-state index is 0.124. The highest BCUT2D eigenvalue weighted by atomic mass is 32.2. The van der Waals surface area contributed by atoms with Gasteiger partial charge < -0.3 is 5.32 Å². The number of sulfone groups is 1. The van der Waals surface area contributed by atoms with Gasteiger partial charge in [0, 0.05) is 12.7 Å². The number of rotatable bonds is 4. The molecule has 0 aliphatic rings. The Bertz CT molecular complexity index is 569. The molecule has 0 fully saturated rings. The summed E-state index contributed by atoms with van der Waals surface area (Å²) >= 11 is 1.01. The van der Waals surface area contributed by atoms with Crippen LogP contribution in [-0.4, -0.2) is 30.7 Å². The molecule has 17 heavy (non-hydrogen) atoms. The maximum Gasteiger partial charge on any atom is 0.226 e. The van der Waals surface area contributed by atoms with E-state index in [1.54, 1.807) is 6.92 Å². The minimum Gasteiger partial charge on any atom is -0.315 e. The van der Waals surface area contributed by atoms with Crippen LogP contribution in [0.25, 0.3) is 0 Å². The van der Waals surface area contributed by atoms with Gasteiger partial charge in [-0.2, -0.15) is 9.64 Å². The van der Waals surface area contributed by atoms with Crippen LogP contribution in [0.15, 0.2) is 0 Å². The molecule has 0 aliphatic carbocycles. The van der Waals surface area contributed by atoms with Gasteiger partial charge in [0.15, 0.2) is 0 Å². The van der Waals surface area contributed by atoms with Crippen LogP contribution >= 0.6 is 11.5 Å². The maximum absolute atomic E-state index is 11.4. The highest BCUT2D eigenvalue weighted by molar-refractivity contribution is 7.90. The normalized spacial score (nSPS) is 10.9. The lowest BCUT2D eigenvalue weighted by molar-refractivity contribution is -0.115. The molecule has 8 heteroatoms. The van der Waals surface area contributed by atoms with Crippen molar-refractivity contribution in [1.82, 2.24) is 4.37 Å². The average molecular weight is 273 g/mol. The van der Waals surface area contributed by atoms with Crippen molar-refractivity contribution in [2.75, 3.05) is 17.3 Å². The van der Waals surface area contributed by atoms with Gasteiger partial charge >= 0.3 is 0 Å². The number of aromatic nitrogens is 1. The number of amides is 1. The number of carbonyl (C=O) groups excluding carboxylic acids is 1. The van der Waals surface area contributed by atoms with Gasteiger partial charge in [-0.05, 0) is 18.5 Å². The molecule has 0 bridgehead atoms. The molecule has 92 valence electrons. The van der Waals surface area contributed by atoms with E-state index in [4.69, 9.17) is 5.26 Å². The first kappa shape index (κ1) is 13.6. The molecule has 6 nitrogen and oxygen atoms in total. The first-order chi connectivity index (χ1) is 7.83. The monoisotopic (exact) mass is 273 g/mol. The van der Waals surface area contributed by atoms with E-state index in [0.717, 1.165) is 17.8 Å². The summed E-state index contributed by atoms with van der Waals surface area (Å²) in [4.78, 5) is 11.4. The van der Waals surface area contributed by atoms with Gasteiger partial charge in [-0.25, -0.2) is 8.42 Å². The van der Waals surface area contributed by atoms with Crippen molar-refractivity contribution in [3.05, 3.63) is 11.3 Å². The zero-order chi connectivity index (χ0) is 13.1. The van der Waals surface area contributed by atoms with E-state index < -0.39 is 15.7 Å². The molecule has 1 rings (SSSR count). The topological polar surface area (TPSA) is 99.9 Å². The van der Waals surface area contributed by atoms with Gasteiger partial charge in [0.1, 0.15) is 26.5 Å². The molecule has 1 aromatic heterocycles. The second kappa shape index (κ2) is 5.25. The molecule has 0 aliphatic heterocycles. The van der Waals surface area contributed by atoms with Gasteiger partial charge in [0.2, 0.25) is 5.91 Å². The molecule has 1 aromatic rings. The van der Waals surface area contributed by atoms with E-state index in [2.05, 4.69) is 9.69 Å². The van der Waals surface area contributed by atoms with Crippen molar-refractivity contribution in [3.63, 3.8) is 0 Å². The molecule has 1 amide bonds. The Morgan fingerprint density at radius 2 is 2.24 bits per heavy atom. The third-order valence-corrected chi connectivity index (χ3v) is 3.73. The van der Waals surface area contributed by atoms with Gasteiger partial charge in [-0.1, -0.05) is 0 Å². The van der Waals surface area contributed by atoms with Crippen molar-refractivity contribution in [1.29, 1.82) is 5.26 Å². The summed E-state index contributed by atoms with van der Waals surface area (Å²) in [7, 11) is -3.16. The number of hydrogen-bond acceptors (Lipinski definition) is 6. The molecule has 0 saturated heterocycles. The Hall–Kier alpha value is -1.46. The lowest BCUT2D eigenvalue weighted by Crippen LogP contribution is -2.16. The zero-order valence-electron chi connectivity index (χ0n) is 9.35. The highest BCUT2D eigenvalue weighted by Gasteiger charge is 2.14. The third kappa shape index (κ3) is 4.13. The Morgan fingerprint density at radius 3 is 2.76 bits per heavy atom. The molecular weight excluding hydrogens is 262 g/mol. The Morgan fingerprint density at radius 1 is 1.59 bits per heavy atom. The lowest BCUT2D eigenvalue weighted by Gasteiger charge is -2.01. The fourth-order valence-corrected chi connectivity index (χ4v) is 2.37. The van der Waals surface area contributed by atoms with Crippen molar-refractivity contribution >= 4 is 32.3 Å². The lowest BCUT2D eigenvalue weighted by atomic mass is 10.3. The van der Waals surface area contributed by atoms with Crippen LogP contribution < -0.4 is 5.32 Å². The number of nitrogens with one attached hydrogen (secondary N) is 1. The van der Waals surface area contributed by atoms with Crippen LogP contribution in [0.3, 0.4) is 0 Å². The third-order valence-electron chi connectivity index (χ3n) is 1.93. The van der Waals surface area contributed by atoms with Crippen LogP contribution in [0.2, 0.25) is 0 Å². The highest BCUT2D eigenvalue weighted by Crippen LogP contribution is 2.23. The van der Waals surface area contributed by atoms with Crippen LogP contribution in [0.1, 0.15) is 17.7 Å². The van der Waals surface area contributed by atoms with E-state index in [1.807, 2.05) is 6.07 Å². The summed E-state index contributed by atoms with van der Waals surface area (Å²) < 4.78 is 25.7. The summed E-state index contributed by atoms with van der Waals surface area (Å²) in [6.07, 6.45) is 0.943. The summed E-state index contributed by atoms with van der Waals surface area (Å²) in [5.74, 6) is -0.644. The summed E-state index contributed by atoms with van der Waals surface area (Å²) in [5, 5.41) is 11.7. The van der Waals surface area contributed by atoms with Crippen molar-refractivity contribution < 1.29 is 13.2 Å². The molecule has 0 saturated carbocycles. The van der Waals surface area contributed by atoms with Gasteiger partial charge in [-0.15, -0.1) is 0 Å². The largest absolute Gasteiger partial charge is 0.315 e. The second-order valence-electron chi connectivity index (χ2n) is 3.51. The number of anilines is 1. The Kier molecular flexibility index (Phi) is 4.20. The Balaban J connectivity index is 2.66. The molecular formula is C9H11N3O3S2. The zero-order valence-corrected chi connectivity index (χ0v) is 11.0. The molecule has 1 heterocycles. The maximum atomic E-state index is 11.4. The fraction of sp³-hybridized carbons (Fsp3) is 0.444. The molecule has 0 unspecified atom stereocenters. The fourth-order valence-electron chi connectivity index (χ4n) is 1.05. The smallest absolute Gasteiger partial charge is 0.226 e. The second-order valence-corrected chi connectivity index (χ2v) is 6.55. The van der Waals surface area contributed by atoms with Gasteiger partial charge in [-0.3, -0.25) is 4.79 Å². The van der Waals surface area contributed by atoms with E-state index in [0.29, 0.717) is 16.3 Å². The molecule has 0 radical (unpaired) electrons. The number of nitrogens with zero attached hydrogens (tertiary/aromatic N) is 2. The van der Waals surface area contributed by atoms with Crippen LogP contribution in [0.5, 0.6) is 0 Å². The Labute approximate surface area is 103 Å². The average Bonchev–Trinajstić information content (AvgIpc) is 2.55. The SMILES string of the molecule is Cc1nsc(NC(=O)CCS(C)(=O)=O)c1C#N. The number of nitriles is 1. The van der Waals surface area contributed by atoms with E-state index in [9.17, 15) is 13.2 Å². The van der Waals surface area contributed by atoms with Crippen molar-refractivity contribution in [2.45, 2.75) is 13.3 Å². The van der Waals surface area contributed by atoms with Crippen LogP contribution in [-0.2, 0) is 14.6 Å². The van der Waals surface area contributed by atoms with E-state index in [1.165, 1.54) is 0 Å². The molecule has 0 atom stereocenters.